The lowest BCUT2D eigenvalue weighted by Gasteiger charge is -2.19. The molecule has 1 atom stereocenters. The topological polar surface area (TPSA) is 55.4 Å². The molecule has 144 valence electrons. The van der Waals surface area contributed by atoms with E-state index in [0.29, 0.717) is 10.6 Å². The van der Waals surface area contributed by atoms with E-state index in [4.69, 9.17) is 4.74 Å². The van der Waals surface area contributed by atoms with Gasteiger partial charge in [0.1, 0.15) is 5.82 Å². The highest BCUT2D eigenvalue weighted by Gasteiger charge is 2.20. The summed E-state index contributed by atoms with van der Waals surface area (Å²) in [5, 5.41) is 2.89. The Morgan fingerprint density at radius 2 is 1.74 bits per heavy atom. The Kier molecular flexibility index (Phi) is 8.33. The molecular formula is C21H24FNO3S. The maximum absolute atomic E-state index is 13.6. The summed E-state index contributed by atoms with van der Waals surface area (Å²) in [5.41, 5.74) is 0.841. The van der Waals surface area contributed by atoms with Crippen LogP contribution in [0.25, 0.3) is 0 Å². The largest absolute Gasteiger partial charge is 0.463 e. The van der Waals surface area contributed by atoms with Gasteiger partial charge in [-0.15, -0.1) is 11.8 Å². The summed E-state index contributed by atoms with van der Waals surface area (Å²) in [5.74, 6) is -0.392. The molecule has 27 heavy (non-hydrogen) atoms. The van der Waals surface area contributed by atoms with Crippen LogP contribution in [-0.2, 0) is 14.3 Å². The summed E-state index contributed by atoms with van der Waals surface area (Å²) >= 11 is 1.29. The molecule has 0 bridgehead atoms. The number of benzene rings is 2. The van der Waals surface area contributed by atoms with Crippen LogP contribution < -0.4 is 5.32 Å². The van der Waals surface area contributed by atoms with Crippen molar-refractivity contribution in [2.75, 3.05) is 5.75 Å². The highest BCUT2D eigenvalue weighted by atomic mass is 32.2. The first-order chi connectivity index (χ1) is 13.0. The van der Waals surface area contributed by atoms with E-state index in [2.05, 4.69) is 5.32 Å². The number of amides is 1. The molecule has 6 heteroatoms. The molecule has 0 aliphatic heterocycles. The van der Waals surface area contributed by atoms with E-state index in [-0.39, 0.29) is 36.6 Å². The molecule has 2 aromatic carbocycles. The van der Waals surface area contributed by atoms with Gasteiger partial charge in [-0.05, 0) is 31.5 Å². The first kappa shape index (κ1) is 21.0. The van der Waals surface area contributed by atoms with Gasteiger partial charge in [-0.1, -0.05) is 42.5 Å². The van der Waals surface area contributed by atoms with Gasteiger partial charge in [-0.3, -0.25) is 9.59 Å². The molecule has 4 nitrogen and oxygen atoms in total. The molecule has 2 rings (SSSR count). The number of rotatable bonds is 9. The summed E-state index contributed by atoms with van der Waals surface area (Å²) < 4.78 is 18.8. The summed E-state index contributed by atoms with van der Waals surface area (Å²) in [6.07, 6.45) is 0.0810. The molecule has 0 radical (unpaired) electrons. The van der Waals surface area contributed by atoms with Gasteiger partial charge in [0, 0.05) is 17.1 Å². The number of esters is 1. The fraction of sp³-hybridized carbons (Fsp3) is 0.333. The van der Waals surface area contributed by atoms with Crippen molar-refractivity contribution in [2.45, 2.75) is 43.7 Å². The quantitative estimate of drug-likeness (QED) is 0.507. The second-order valence-electron chi connectivity index (χ2n) is 6.30. The van der Waals surface area contributed by atoms with E-state index < -0.39 is 6.04 Å². The van der Waals surface area contributed by atoms with Crippen molar-refractivity contribution in [2.24, 2.45) is 0 Å². The van der Waals surface area contributed by atoms with Crippen molar-refractivity contribution in [3.8, 4) is 0 Å². The third-order valence-electron chi connectivity index (χ3n) is 3.70. The van der Waals surface area contributed by atoms with Gasteiger partial charge >= 0.3 is 5.97 Å². The van der Waals surface area contributed by atoms with Crippen molar-refractivity contribution >= 4 is 23.6 Å². The molecule has 0 aliphatic carbocycles. The average molecular weight is 389 g/mol. The van der Waals surface area contributed by atoms with Gasteiger partial charge in [-0.2, -0.15) is 0 Å². The van der Waals surface area contributed by atoms with Gasteiger partial charge < -0.3 is 10.1 Å². The normalized spacial score (nSPS) is 11.9. The van der Waals surface area contributed by atoms with E-state index in [9.17, 15) is 14.0 Å². The van der Waals surface area contributed by atoms with Crippen molar-refractivity contribution < 1.29 is 18.7 Å². The standard InChI is InChI=1S/C21H24FNO3S/c1-15(2)26-21(25)14-18(16-8-4-3-5-9-16)23-20(24)12-13-27-19-11-7-6-10-17(19)22/h3-11,15,18H,12-14H2,1-2H3,(H,23,24). The zero-order valence-corrected chi connectivity index (χ0v) is 16.3. The van der Waals surface area contributed by atoms with Crippen LogP contribution in [0.2, 0.25) is 0 Å². The summed E-state index contributed by atoms with van der Waals surface area (Å²) in [7, 11) is 0. The minimum Gasteiger partial charge on any atom is -0.463 e. The molecule has 0 saturated heterocycles. The third kappa shape index (κ3) is 7.43. The van der Waals surface area contributed by atoms with Gasteiger partial charge in [0.25, 0.3) is 0 Å². The van der Waals surface area contributed by atoms with Crippen LogP contribution in [0.3, 0.4) is 0 Å². The number of nitrogens with one attached hydrogen (secondary N) is 1. The van der Waals surface area contributed by atoms with Crippen molar-refractivity contribution in [1.29, 1.82) is 0 Å². The SMILES string of the molecule is CC(C)OC(=O)CC(NC(=O)CCSc1ccccc1F)c1ccccc1. The average Bonchev–Trinajstić information content (AvgIpc) is 2.63. The van der Waals surface area contributed by atoms with Crippen molar-refractivity contribution in [3.63, 3.8) is 0 Å². The maximum Gasteiger partial charge on any atom is 0.308 e. The second kappa shape index (κ2) is 10.7. The van der Waals surface area contributed by atoms with Crippen LogP contribution in [0.1, 0.15) is 38.3 Å². The highest BCUT2D eigenvalue weighted by molar-refractivity contribution is 7.99. The third-order valence-corrected chi connectivity index (χ3v) is 4.75. The van der Waals surface area contributed by atoms with Gasteiger partial charge in [0.15, 0.2) is 0 Å². The summed E-state index contributed by atoms with van der Waals surface area (Å²) in [6.45, 7) is 3.57. The summed E-state index contributed by atoms with van der Waals surface area (Å²) in [4.78, 5) is 24.9. The molecule has 1 amide bonds. The number of carbonyl (C=O) groups excluding carboxylic acids is 2. The monoisotopic (exact) mass is 389 g/mol. The zero-order valence-electron chi connectivity index (χ0n) is 15.5. The molecule has 1 N–H and O–H groups in total. The maximum atomic E-state index is 13.6. The molecule has 1 unspecified atom stereocenters. The van der Waals surface area contributed by atoms with Crippen LogP contribution in [-0.4, -0.2) is 23.7 Å². The second-order valence-corrected chi connectivity index (χ2v) is 7.44. The molecule has 0 heterocycles. The fourth-order valence-corrected chi connectivity index (χ4v) is 3.39. The van der Waals surface area contributed by atoms with E-state index in [1.54, 1.807) is 32.0 Å². The van der Waals surface area contributed by atoms with Crippen LogP contribution >= 0.6 is 11.8 Å². The molecule has 0 aromatic heterocycles. The Balaban J connectivity index is 1.92. The molecule has 0 aliphatic rings. The van der Waals surface area contributed by atoms with Gasteiger partial charge in [0.05, 0.1) is 18.6 Å². The molecule has 0 spiro atoms. The van der Waals surface area contributed by atoms with Crippen molar-refractivity contribution in [1.82, 2.24) is 5.32 Å². The predicted octanol–water partition coefficient (Wildman–Crippen LogP) is 4.51. The summed E-state index contributed by atoms with van der Waals surface area (Å²) in [6, 6.07) is 15.3. The Bertz CT molecular complexity index is 752. The number of ether oxygens (including phenoxy) is 1. The van der Waals surface area contributed by atoms with Crippen LogP contribution in [0, 0.1) is 5.82 Å². The van der Waals surface area contributed by atoms with Crippen molar-refractivity contribution in [3.05, 3.63) is 66.0 Å². The Labute approximate surface area is 163 Å². The van der Waals surface area contributed by atoms with Crippen LogP contribution in [0.4, 0.5) is 4.39 Å². The van der Waals surface area contributed by atoms with Crippen LogP contribution in [0.15, 0.2) is 59.5 Å². The molecule has 2 aromatic rings. The minimum atomic E-state index is -0.455. The smallest absolute Gasteiger partial charge is 0.308 e. The first-order valence-corrected chi connectivity index (χ1v) is 9.85. The zero-order chi connectivity index (χ0) is 19.6. The predicted molar refractivity (Wildman–Crippen MR) is 105 cm³/mol. The lowest BCUT2D eigenvalue weighted by atomic mass is 10.0. The lowest BCUT2D eigenvalue weighted by molar-refractivity contribution is -0.148. The Morgan fingerprint density at radius 3 is 2.41 bits per heavy atom. The Hall–Kier alpha value is -2.34. The van der Waals surface area contributed by atoms with Gasteiger partial charge in [-0.25, -0.2) is 4.39 Å². The number of hydrogen-bond donors (Lipinski definition) is 1. The fourth-order valence-electron chi connectivity index (χ4n) is 2.50. The van der Waals surface area contributed by atoms with E-state index in [0.717, 1.165) is 5.56 Å². The number of carbonyl (C=O) groups is 2. The molecular weight excluding hydrogens is 365 g/mol. The van der Waals surface area contributed by atoms with Gasteiger partial charge in [0.2, 0.25) is 5.91 Å². The minimum absolute atomic E-state index is 0.0639. The number of halogens is 1. The number of thioether (sulfide) groups is 1. The lowest BCUT2D eigenvalue weighted by Crippen LogP contribution is -2.31. The Morgan fingerprint density at radius 1 is 1.07 bits per heavy atom. The van der Waals surface area contributed by atoms with E-state index in [1.807, 2.05) is 30.3 Å². The van der Waals surface area contributed by atoms with E-state index in [1.165, 1.54) is 17.8 Å². The van der Waals surface area contributed by atoms with Crippen LogP contribution in [0.5, 0.6) is 0 Å². The van der Waals surface area contributed by atoms with E-state index >= 15 is 0 Å². The molecule has 0 saturated carbocycles. The first-order valence-electron chi connectivity index (χ1n) is 8.87. The highest BCUT2D eigenvalue weighted by Crippen LogP contribution is 2.22. The molecule has 0 fully saturated rings. The number of hydrogen-bond acceptors (Lipinski definition) is 4.